The highest BCUT2D eigenvalue weighted by Crippen LogP contribution is 2.36. The molecule has 2 N–H and O–H groups in total. The van der Waals surface area contributed by atoms with E-state index in [1.165, 1.54) is 6.07 Å². The number of hydrogen-bond acceptors (Lipinski definition) is 5. The largest absolute Gasteiger partial charge is 0.486 e. The summed E-state index contributed by atoms with van der Waals surface area (Å²) in [5, 5.41) is 3.13. The van der Waals surface area contributed by atoms with E-state index in [1.807, 2.05) is 0 Å². The molecule has 7 heteroatoms. The van der Waals surface area contributed by atoms with Crippen LogP contribution in [0.2, 0.25) is 0 Å². The second-order valence-electron chi connectivity index (χ2n) is 4.59. The van der Waals surface area contributed by atoms with Crippen LogP contribution >= 0.6 is 0 Å². The molecule has 0 aromatic heterocycles. The van der Waals surface area contributed by atoms with Crippen molar-refractivity contribution in [3.8, 4) is 11.5 Å². The highest BCUT2D eigenvalue weighted by Gasteiger charge is 2.28. The van der Waals surface area contributed by atoms with Gasteiger partial charge in [-0.15, -0.1) is 0 Å². The van der Waals surface area contributed by atoms with Crippen LogP contribution in [0.25, 0.3) is 0 Å². The first-order valence-electron chi connectivity index (χ1n) is 6.28. The zero-order valence-corrected chi connectivity index (χ0v) is 11.2. The summed E-state index contributed by atoms with van der Waals surface area (Å²) in [6.07, 6.45) is 0.797. The van der Waals surface area contributed by atoms with Crippen molar-refractivity contribution in [1.82, 2.24) is 10.0 Å². The van der Waals surface area contributed by atoms with Gasteiger partial charge in [0.05, 0.1) is 0 Å². The lowest BCUT2D eigenvalue weighted by molar-refractivity contribution is 0.167. The molecule has 1 aromatic rings. The number of sulfonamides is 1. The van der Waals surface area contributed by atoms with Crippen LogP contribution in [0.15, 0.2) is 23.1 Å². The molecule has 0 aliphatic carbocycles. The van der Waals surface area contributed by atoms with Crippen molar-refractivity contribution in [3.05, 3.63) is 18.2 Å². The van der Waals surface area contributed by atoms with E-state index in [1.54, 1.807) is 12.1 Å². The number of fused-ring (bicyclic) bond motifs is 1. The fraction of sp³-hybridized carbons (Fsp3) is 0.500. The maximum atomic E-state index is 12.4. The Morgan fingerprint density at radius 3 is 2.89 bits per heavy atom. The lowest BCUT2D eigenvalue weighted by Gasteiger charge is -2.21. The third-order valence-corrected chi connectivity index (χ3v) is 4.75. The Hall–Kier alpha value is -1.31. The van der Waals surface area contributed by atoms with Crippen LogP contribution < -0.4 is 19.5 Å². The molecular weight excluding hydrogens is 268 g/mol. The van der Waals surface area contributed by atoms with E-state index in [4.69, 9.17) is 9.47 Å². The molecule has 0 amide bonds. The zero-order chi connectivity index (χ0) is 13.3. The van der Waals surface area contributed by atoms with Gasteiger partial charge in [0.15, 0.2) is 11.5 Å². The summed E-state index contributed by atoms with van der Waals surface area (Å²) in [7, 11) is -3.58. The van der Waals surface area contributed by atoms with E-state index in [2.05, 4.69) is 10.0 Å². The maximum absolute atomic E-state index is 12.4. The van der Waals surface area contributed by atoms with Gasteiger partial charge < -0.3 is 14.8 Å². The van der Waals surface area contributed by atoms with Gasteiger partial charge in [0.1, 0.15) is 18.1 Å². The SMILES string of the molecule is O=S(=O)(NC1CCNC1)c1cccc2c1OCCO2. The Morgan fingerprint density at radius 1 is 1.26 bits per heavy atom. The molecule has 2 aliphatic heterocycles. The highest BCUT2D eigenvalue weighted by molar-refractivity contribution is 7.89. The van der Waals surface area contributed by atoms with Crippen molar-refractivity contribution in [2.24, 2.45) is 0 Å². The molecule has 0 bridgehead atoms. The summed E-state index contributed by atoms with van der Waals surface area (Å²) < 4.78 is 38.3. The first-order chi connectivity index (χ1) is 9.17. The van der Waals surface area contributed by atoms with Crippen LogP contribution in [0.4, 0.5) is 0 Å². The Bertz CT molecular complexity index is 567. The van der Waals surface area contributed by atoms with Gasteiger partial charge in [-0.1, -0.05) is 6.07 Å². The number of benzene rings is 1. The van der Waals surface area contributed by atoms with Gasteiger partial charge in [-0.05, 0) is 25.1 Å². The second-order valence-corrected chi connectivity index (χ2v) is 6.27. The second kappa shape index (κ2) is 4.99. The van der Waals surface area contributed by atoms with Crippen molar-refractivity contribution < 1.29 is 17.9 Å². The lowest BCUT2D eigenvalue weighted by Crippen LogP contribution is -2.36. The van der Waals surface area contributed by atoms with E-state index in [9.17, 15) is 8.42 Å². The van der Waals surface area contributed by atoms with E-state index in [0.29, 0.717) is 31.3 Å². The van der Waals surface area contributed by atoms with Gasteiger partial charge in [0, 0.05) is 12.6 Å². The molecule has 2 aliphatic rings. The summed E-state index contributed by atoms with van der Waals surface area (Å²) in [6.45, 7) is 2.30. The molecule has 1 aromatic carbocycles. The van der Waals surface area contributed by atoms with Crippen molar-refractivity contribution >= 4 is 10.0 Å². The Balaban J connectivity index is 1.92. The van der Waals surface area contributed by atoms with Crippen LogP contribution in [0.3, 0.4) is 0 Å². The minimum Gasteiger partial charge on any atom is -0.486 e. The molecule has 3 rings (SSSR count). The van der Waals surface area contributed by atoms with Crippen molar-refractivity contribution in [2.45, 2.75) is 17.4 Å². The molecule has 2 heterocycles. The number of nitrogens with one attached hydrogen (secondary N) is 2. The van der Waals surface area contributed by atoms with E-state index in [0.717, 1.165) is 13.0 Å². The average molecular weight is 284 g/mol. The van der Waals surface area contributed by atoms with Crippen LogP contribution in [-0.4, -0.2) is 40.8 Å². The summed E-state index contributed by atoms with van der Waals surface area (Å²) in [5.41, 5.74) is 0. The Morgan fingerprint density at radius 2 is 2.11 bits per heavy atom. The average Bonchev–Trinajstić information content (AvgIpc) is 2.90. The van der Waals surface area contributed by atoms with Crippen LogP contribution in [-0.2, 0) is 10.0 Å². The molecule has 0 spiro atoms. The van der Waals surface area contributed by atoms with E-state index >= 15 is 0 Å². The Kier molecular flexibility index (Phi) is 3.34. The number of rotatable bonds is 3. The first-order valence-corrected chi connectivity index (χ1v) is 7.77. The van der Waals surface area contributed by atoms with Crippen LogP contribution in [0, 0.1) is 0 Å². The van der Waals surface area contributed by atoms with Gasteiger partial charge in [-0.2, -0.15) is 0 Å². The zero-order valence-electron chi connectivity index (χ0n) is 10.4. The summed E-state index contributed by atoms with van der Waals surface area (Å²) in [6, 6.07) is 4.85. The third kappa shape index (κ3) is 2.54. The van der Waals surface area contributed by atoms with Crippen LogP contribution in [0.5, 0.6) is 11.5 Å². The first kappa shape index (κ1) is 12.7. The van der Waals surface area contributed by atoms with Gasteiger partial charge in [-0.3, -0.25) is 0 Å². The monoisotopic (exact) mass is 284 g/mol. The van der Waals surface area contributed by atoms with Gasteiger partial charge >= 0.3 is 0 Å². The fourth-order valence-corrected chi connectivity index (χ4v) is 3.73. The summed E-state index contributed by atoms with van der Waals surface area (Å²) in [5.74, 6) is 0.797. The fourth-order valence-electron chi connectivity index (χ4n) is 2.30. The molecule has 1 fully saturated rings. The van der Waals surface area contributed by atoms with Gasteiger partial charge in [0.2, 0.25) is 10.0 Å². The molecule has 1 saturated heterocycles. The maximum Gasteiger partial charge on any atom is 0.244 e. The van der Waals surface area contributed by atoms with E-state index < -0.39 is 10.0 Å². The predicted molar refractivity (Wildman–Crippen MR) is 69.0 cm³/mol. The van der Waals surface area contributed by atoms with E-state index in [-0.39, 0.29) is 10.9 Å². The molecular formula is C12H16N2O4S. The highest BCUT2D eigenvalue weighted by atomic mass is 32.2. The normalized spacial score (nSPS) is 22.4. The van der Waals surface area contributed by atoms with Crippen molar-refractivity contribution in [2.75, 3.05) is 26.3 Å². The number of hydrogen-bond donors (Lipinski definition) is 2. The Labute approximate surface area is 112 Å². The lowest BCUT2D eigenvalue weighted by atomic mass is 10.3. The minimum absolute atomic E-state index is 0.0645. The standard InChI is InChI=1S/C12H16N2O4S/c15-19(16,14-9-4-5-13-8-9)11-3-1-2-10-12(11)18-7-6-17-10/h1-3,9,13-14H,4-8H2. The smallest absolute Gasteiger partial charge is 0.244 e. The van der Waals surface area contributed by atoms with Crippen molar-refractivity contribution in [3.63, 3.8) is 0 Å². The number of ether oxygens (including phenoxy) is 2. The quantitative estimate of drug-likeness (QED) is 0.823. The van der Waals surface area contributed by atoms with Crippen molar-refractivity contribution in [1.29, 1.82) is 0 Å². The summed E-state index contributed by atoms with van der Waals surface area (Å²) in [4.78, 5) is 0.150. The number of para-hydroxylation sites is 1. The minimum atomic E-state index is -3.58. The van der Waals surface area contributed by atoms with Gasteiger partial charge in [-0.25, -0.2) is 13.1 Å². The molecule has 6 nitrogen and oxygen atoms in total. The molecule has 1 atom stereocenters. The third-order valence-electron chi connectivity index (χ3n) is 3.20. The predicted octanol–water partition coefficient (Wildman–Crippen LogP) is 0.0980. The molecule has 1 unspecified atom stereocenters. The molecule has 104 valence electrons. The topological polar surface area (TPSA) is 76.7 Å². The molecule has 19 heavy (non-hydrogen) atoms. The van der Waals surface area contributed by atoms with Crippen LogP contribution in [0.1, 0.15) is 6.42 Å². The molecule has 0 saturated carbocycles. The van der Waals surface area contributed by atoms with Gasteiger partial charge in [0.25, 0.3) is 0 Å². The summed E-state index contributed by atoms with van der Waals surface area (Å²) >= 11 is 0. The molecule has 0 radical (unpaired) electrons.